The second kappa shape index (κ2) is 8.06. The van der Waals surface area contributed by atoms with Gasteiger partial charge >= 0.3 is 0 Å². The first-order valence-electron chi connectivity index (χ1n) is 5.32. The minimum absolute atomic E-state index is 0.553. The zero-order valence-electron chi connectivity index (χ0n) is 9.36. The van der Waals surface area contributed by atoms with Gasteiger partial charge in [0.15, 0.2) is 10.9 Å². The van der Waals surface area contributed by atoms with E-state index in [2.05, 4.69) is 15.8 Å². The zero-order chi connectivity index (χ0) is 11.6. The van der Waals surface area contributed by atoms with Crippen LogP contribution in [0.5, 0.6) is 0 Å². The Bertz CT molecular complexity index is 290. The highest BCUT2D eigenvalue weighted by Gasteiger charge is 1.98. The van der Waals surface area contributed by atoms with Gasteiger partial charge in [-0.15, -0.1) is 0 Å². The second-order valence-corrected chi connectivity index (χ2v) is 3.55. The summed E-state index contributed by atoms with van der Waals surface area (Å²) in [5.41, 5.74) is 0. The summed E-state index contributed by atoms with van der Waals surface area (Å²) in [7, 11) is 0. The van der Waals surface area contributed by atoms with E-state index in [0.29, 0.717) is 11.7 Å². The highest BCUT2D eigenvalue weighted by Crippen LogP contribution is 1.94. The minimum atomic E-state index is 0.553. The maximum absolute atomic E-state index is 5.21. The largest absolute Gasteiger partial charge is 0.382 e. The van der Waals surface area contributed by atoms with Crippen LogP contribution in [-0.2, 0) is 11.3 Å². The number of ether oxygens (including phenoxy) is 1. The molecule has 0 bridgehead atoms. The molecule has 6 heteroatoms. The van der Waals surface area contributed by atoms with E-state index in [4.69, 9.17) is 21.5 Å². The monoisotopic (exact) mass is 243 g/mol. The predicted molar refractivity (Wildman–Crippen MR) is 65.1 cm³/mol. The minimum Gasteiger partial charge on any atom is -0.382 e. The summed E-state index contributed by atoms with van der Waals surface area (Å²) < 4.78 is 10.1. The highest BCUT2D eigenvalue weighted by molar-refractivity contribution is 7.80. The molecule has 0 saturated carbocycles. The fourth-order valence-electron chi connectivity index (χ4n) is 1.08. The third-order valence-electron chi connectivity index (χ3n) is 1.87. The van der Waals surface area contributed by atoms with E-state index in [0.717, 1.165) is 31.9 Å². The van der Waals surface area contributed by atoms with Crippen LogP contribution in [0.4, 0.5) is 0 Å². The molecule has 0 spiro atoms. The molecular formula is C10H17N3O2S. The Kier molecular flexibility index (Phi) is 6.52. The summed E-state index contributed by atoms with van der Waals surface area (Å²) in [4.78, 5) is 0. The second-order valence-electron chi connectivity index (χ2n) is 3.14. The Labute approximate surface area is 101 Å². The van der Waals surface area contributed by atoms with Gasteiger partial charge < -0.3 is 19.9 Å². The van der Waals surface area contributed by atoms with Crippen molar-refractivity contribution in [2.75, 3.05) is 19.8 Å². The molecule has 0 unspecified atom stereocenters. The van der Waals surface area contributed by atoms with E-state index in [1.54, 1.807) is 12.3 Å². The molecule has 1 heterocycles. The third kappa shape index (κ3) is 5.67. The molecular weight excluding hydrogens is 226 g/mol. The highest BCUT2D eigenvalue weighted by atomic mass is 32.1. The van der Waals surface area contributed by atoms with Crippen molar-refractivity contribution in [3.63, 3.8) is 0 Å². The van der Waals surface area contributed by atoms with Gasteiger partial charge in [0.05, 0.1) is 12.7 Å². The molecule has 16 heavy (non-hydrogen) atoms. The van der Waals surface area contributed by atoms with E-state index in [1.807, 2.05) is 6.92 Å². The molecule has 90 valence electrons. The molecule has 0 amide bonds. The third-order valence-corrected chi connectivity index (χ3v) is 2.16. The molecule has 0 aliphatic rings. The normalized spacial score (nSPS) is 10.1. The number of nitrogens with one attached hydrogen (secondary N) is 2. The Morgan fingerprint density at radius 2 is 2.44 bits per heavy atom. The molecule has 0 atom stereocenters. The number of rotatable bonds is 7. The number of hydrogen-bond acceptors (Lipinski definition) is 4. The van der Waals surface area contributed by atoms with E-state index in [1.165, 1.54) is 0 Å². The van der Waals surface area contributed by atoms with Gasteiger partial charge in [-0.25, -0.2) is 0 Å². The first-order valence-corrected chi connectivity index (χ1v) is 5.72. The van der Waals surface area contributed by atoms with Gasteiger partial charge in [0, 0.05) is 25.8 Å². The van der Waals surface area contributed by atoms with Crippen molar-refractivity contribution >= 4 is 17.3 Å². The van der Waals surface area contributed by atoms with Gasteiger partial charge in [-0.3, -0.25) is 0 Å². The summed E-state index contributed by atoms with van der Waals surface area (Å²) in [6, 6.07) is 1.80. The van der Waals surface area contributed by atoms with Crippen LogP contribution >= 0.6 is 12.2 Å². The summed E-state index contributed by atoms with van der Waals surface area (Å²) in [6.45, 7) is 4.86. The van der Waals surface area contributed by atoms with E-state index in [-0.39, 0.29) is 0 Å². The Hall–Kier alpha value is -1.14. The van der Waals surface area contributed by atoms with Crippen LogP contribution in [0.3, 0.4) is 0 Å². The van der Waals surface area contributed by atoms with Gasteiger partial charge in [0.25, 0.3) is 0 Å². The Morgan fingerprint density at radius 3 is 3.12 bits per heavy atom. The predicted octanol–water partition coefficient (Wildman–Crippen LogP) is 1.07. The van der Waals surface area contributed by atoms with Crippen LogP contribution in [0.25, 0.3) is 0 Å². The fraction of sp³-hybridized carbons (Fsp3) is 0.600. The average molecular weight is 243 g/mol. The number of aromatic nitrogens is 1. The lowest BCUT2D eigenvalue weighted by molar-refractivity contribution is 0.145. The van der Waals surface area contributed by atoms with E-state index in [9.17, 15) is 0 Å². The molecule has 0 fully saturated rings. The van der Waals surface area contributed by atoms with Crippen LogP contribution in [0, 0.1) is 0 Å². The molecule has 1 aromatic heterocycles. The quantitative estimate of drug-likeness (QED) is 0.552. The fourth-order valence-corrected chi connectivity index (χ4v) is 1.26. The van der Waals surface area contributed by atoms with Crippen molar-refractivity contribution in [1.29, 1.82) is 0 Å². The summed E-state index contributed by atoms with van der Waals surface area (Å²) in [6.07, 6.45) is 2.55. The van der Waals surface area contributed by atoms with Crippen LogP contribution in [0.15, 0.2) is 16.8 Å². The lowest BCUT2D eigenvalue weighted by atomic mass is 10.4. The number of hydrogen-bond donors (Lipinski definition) is 2. The van der Waals surface area contributed by atoms with Crippen molar-refractivity contribution in [3.8, 4) is 0 Å². The first-order chi connectivity index (χ1) is 7.83. The van der Waals surface area contributed by atoms with Crippen LogP contribution in [0.1, 0.15) is 19.1 Å². The number of nitrogens with zero attached hydrogens (tertiary/aromatic N) is 1. The van der Waals surface area contributed by atoms with Crippen molar-refractivity contribution in [2.24, 2.45) is 0 Å². The molecule has 0 saturated heterocycles. The van der Waals surface area contributed by atoms with Gasteiger partial charge in [-0.1, -0.05) is 5.16 Å². The molecule has 1 rings (SSSR count). The summed E-state index contributed by atoms with van der Waals surface area (Å²) >= 11 is 5.08. The topological polar surface area (TPSA) is 59.3 Å². The summed E-state index contributed by atoms with van der Waals surface area (Å²) in [5.74, 6) is 0.762. The van der Waals surface area contributed by atoms with Crippen molar-refractivity contribution in [3.05, 3.63) is 18.0 Å². The number of thiocarbonyl (C=S) groups is 1. The first kappa shape index (κ1) is 12.9. The zero-order valence-corrected chi connectivity index (χ0v) is 10.2. The van der Waals surface area contributed by atoms with Gasteiger partial charge in [0.1, 0.15) is 0 Å². The lowest BCUT2D eigenvalue weighted by Crippen LogP contribution is -2.35. The standard InChI is InChI=1S/C10H17N3O2S/c1-2-14-7-3-5-11-10(16)12-8-9-4-6-13-15-9/h4,6H,2-3,5,7-8H2,1H3,(H2,11,12,16). The van der Waals surface area contributed by atoms with Crippen LogP contribution in [0.2, 0.25) is 0 Å². The van der Waals surface area contributed by atoms with Crippen LogP contribution in [-0.4, -0.2) is 30.0 Å². The van der Waals surface area contributed by atoms with Crippen molar-refractivity contribution in [1.82, 2.24) is 15.8 Å². The van der Waals surface area contributed by atoms with E-state index < -0.39 is 0 Å². The van der Waals surface area contributed by atoms with E-state index >= 15 is 0 Å². The molecule has 2 N–H and O–H groups in total. The lowest BCUT2D eigenvalue weighted by Gasteiger charge is -2.08. The molecule has 0 aliphatic carbocycles. The Morgan fingerprint density at radius 1 is 1.56 bits per heavy atom. The molecule has 0 radical (unpaired) electrons. The van der Waals surface area contributed by atoms with Gasteiger partial charge in [0.2, 0.25) is 0 Å². The maximum Gasteiger partial charge on any atom is 0.166 e. The van der Waals surface area contributed by atoms with Crippen molar-refractivity contribution < 1.29 is 9.26 Å². The Balaban J connectivity index is 1.99. The molecule has 5 nitrogen and oxygen atoms in total. The molecule has 0 aromatic carbocycles. The maximum atomic E-state index is 5.21. The smallest absolute Gasteiger partial charge is 0.166 e. The molecule has 1 aromatic rings. The van der Waals surface area contributed by atoms with Crippen LogP contribution < -0.4 is 10.6 Å². The average Bonchev–Trinajstić information content (AvgIpc) is 2.79. The van der Waals surface area contributed by atoms with Gasteiger partial charge in [-0.05, 0) is 25.6 Å². The van der Waals surface area contributed by atoms with Gasteiger partial charge in [-0.2, -0.15) is 0 Å². The summed E-state index contributed by atoms with van der Waals surface area (Å²) in [5, 5.41) is 10.3. The van der Waals surface area contributed by atoms with Crippen molar-refractivity contribution in [2.45, 2.75) is 19.9 Å². The SMILES string of the molecule is CCOCCCNC(=S)NCc1ccno1. The molecule has 0 aliphatic heterocycles.